The molecule has 0 fully saturated rings. The van der Waals surface area contributed by atoms with E-state index >= 15 is 0 Å². The number of nitro benzene ring substituents is 1. The zero-order valence-corrected chi connectivity index (χ0v) is 14.0. The topological polar surface area (TPSA) is 111 Å². The zero-order valence-electron chi connectivity index (χ0n) is 14.0. The highest BCUT2D eigenvalue weighted by Crippen LogP contribution is 2.29. The minimum atomic E-state index is -0.745. The Balaban J connectivity index is 1.91. The standard InChI is InChI=1S/C18H16N4O4/c1-2-9-21-14-6-4-3-5-13(14)17(18(21)24)20-19-11-12-7-8-16(23)15(10-12)22(25)26/h3-8,10-11,23H,2,9H2,1H3/p-1/b19-11-,20-17+. The molecule has 1 amide bonds. The van der Waals surface area contributed by atoms with E-state index in [2.05, 4.69) is 10.2 Å². The molecule has 0 N–H and O–H groups in total. The van der Waals surface area contributed by atoms with Crippen molar-refractivity contribution in [3.63, 3.8) is 0 Å². The van der Waals surface area contributed by atoms with Gasteiger partial charge in [0.05, 0.1) is 16.8 Å². The summed E-state index contributed by atoms with van der Waals surface area (Å²) in [5.41, 5.74) is 1.53. The van der Waals surface area contributed by atoms with Gasteiger partial charge in [0.2, 0.25) is 0 Å². The molecule has 2 aromatic carbocycles. The van der Waals surface area contributed by atoms with E-state index in [4.69, 9.17) is 0 Å². The number of rotatable bonds is 5. The van der Waals surface area contributed by atoms with Gasteiger partial charge in [-0.25, -0.2) is 0 Å². The van der Waals surface area contributed by atoms with Crippen molar-refractivity contribution in [3.05, 3.63) is 63.7 Å². The van der Waals surface area contributed by atoms with Gasteiger partial charge in [-0.1, -0.05) is 37.3 Å². The lowest BCUT2D eigenvalue weighted by Gasteiger charge is -2.14. The van der Waals surface area contributed by atoms with Crippen LogP contribution < -0.4 is 10.0 Å². The van der Waals surface area contributed by atoms with E-state index in [0.717, 1.165) is 24.2 Å². The van der Waals surface area contributed by atoms with Crippen LogP contribution in [0.5, 0.6) is 5.75 Å². The molecule has 1 aliphatic heterocycles. The second kappa shape index (κ2) is 7.14. The summed E-state index contributed by atoms with van der Waals surface area (Å²) in [6, 6.07) is 11.0. The van der Waals surface area contributed by atoms with Crippen LogP contribution in [0, 0.1) is 10.1 Å². The second-order valence-corrected chi connectivity index (χ2v) is 5.65. The van der Waals surface area contributed by atoms with Crippen LogP contribution in [0.3, 0.4) is 0 Å². The van der Waals surface area contributed by atoms with Crippen LogP contribution in [0.15, 0.2) is 52.7 Å². The lowest BCUT2D eigenvalue weighted by atomic mass is 10.1. The van der Waals surface area contributed by atoms with E-state index in [9.17, 15) is 20.0 Å². The largest absolute Gasteiger partial charge is 0.868 e. The normalized spacial score (nSPS) is 15.0. The van der Waals surface area contributed by atoms with Crippen molar-refractivity contribution in [1.82, 2.24) is 0 Å². The number of hydrogen-bond acceptors (Lipinski definition) is 6. The summed E-state index contributed by atoms with van der Waals surface area (Å²) in [6.45, 7) is 2.56. The summed E-state index contributed by atoms with van der Waals surface area (Å²) in [4.78, 5) is 24.3. The Labute approximate surface area is 149 Å². The third-order valence-corrected chi connectivity index (χ3v) is 3.89. The number of hydrogen-bond donors (Lipinski definition) is 0. The van der Waals surface area contributed by atoms with Gasteiger partial charge in [0.25, 0.3) is 11.6 Å². The van der Waals surface area contributed by atoms with Gasteiger partial charge in [0, 0.05) is 23.7 Å². The number of nitro groups is 1. The molecule has 0 bridgehead atoms. The highest BCUT2D eigenvalue weighted by molar-refractivity contribution is 6.54. The highest BCUT2D eigenvalue weighted by atomic mass is 16.6. The van der Waals surface area contributed by atoms with Gasteiger partial charge in [-0.2, -0.15) is 5.10 Å². The maximum Gasteiger partial charge on any atom is 0.279 e. The number of anilines is 1. The van der Waals surface area contributed by atoms with E-state index < -0.39 is 16.4 Å². The molecular formula is C18H15N4O4-. The minimum absolute atomic E-state index is 0.222. The summed E-state index contributed by atoms with van der Waals surface area (Å²) >= 11 is 0. The molecule has 26 heavy (non-hydrogen) atoms. The molecule has 0 aliphatic carbocycles. The van der Waals surface area contributed by atoms with Crippen LogP contribution >= 0.6 is 0 Å². The smallest absolute Gasteiger partial charge is 0.279 e. The first-order chi connectivity index (χ1) is 12.5. The Morgan fingerprint density at radius 3 is 2.73 bits per heavy atom. The van der Waals surface area contributed by atoms with Crippen LogP contribution in [0.25, 0.3) is 0 Å². The van der Waals surface area contributed by atoms with Crippen LogP contribution in [0.1, 0.15) is 24.5 Å². The summed E-state index contributed by atoms with van der Waals surface area (Å²) in [5, 5.41) is 30.1. The molecule has 8 nitrogen and oxygen atoms in total. The predicted molar refractivity (Wildman–Crippen MR) is 95.8 cm³/mol. The Bertz CT molecular complexity index is 937. The average Bonchev–Trinajstić information content (AvgIpc) is 2.89. The number of para-hydroxylation sites is 1. The Morgan fingerprint density at radius 1 is 1.23 bits per heavy atom. The van der Waals surface area contributed by atoms with Crippen LogP contribution in [0.2, 0.25) is 0 Å². The molecule has 132 valence electrons. The number of amides is 1. The van der Waals surface area contributed by atoms with Crippen LogP contribution in [-0.2, 0) is 4.79 Å². The van der Waals surface area contributed by atoms with Gasteiger partial charge in [0.15, 0.2) is 5.71 Å². The highest BCUT2D eigenvalue weighted by Gasteiger charge is 2.33. The van der Waals surface area contributed by atoms with Crippen LogP contribution in [-0.4, -0.2) is 29.3 Å². The Morgan fingerprint density at radius 2 is 2.00 bits per heavy atom. The minimum Gasteiger partial charge on any atom is -0.868 e. The van der Waals surface area contributed by atoms with Crippen molar-refractivity contribution in [2.45, 2.75) is 13.3 Å². The fraction of sp³-hybridized carbons (Fsp3) is 0.167. The van der Waals surface area contributed by atoms with Gasteiger partial charge < -0.3 is 10.0 Å². The van der Waals surface area contributed by atoms with Crippen molar-refractivity contribution in [3.8, 4) is 5.75 Å². The van der Waals surface area contributed by atoms with Gasteiger partial charge in [0.1, 0.15) is 0 Å². The number of benzene rings is 2. The fourth-order valence-electron chi connectivity index (χ4n) is 2.71. The molecule has 0 atom stereocenters. The summed E-state index contributed by atoms with van der Waals surface area (Å²) in [7, 11) is 0. The van der Waals surface area contributed by atoms with E-state index in [0.29, 0.717) is 17.7 Å². The predicted octanol–water partition coefficient (Wildman–Crippen LogP) is 2.25. The van der Waals surface area contributed by atoms with E-state index in [1.54, 1.807) is 11.0 Å². The first-order valence-corrected chi connectivity index (χ1v) is 8.00. The van der Waals surface area contributed by atoms with Gasteiger partial charge in [-0.05, 0) is 18.2 Å². The molecule has 1 aliphatic rings. The monoisotopic (exact) mass is 351 g/mol. The van der Waals surface area contributed by atoms with Crippen molar-refractivity contribution >= 4 is 29.2 Å². The van der Waals surface area contributed by atoms with Gasteiger partial charge in [-0.3, -0.25) is 14.9 Å². The maximum atomic E-state index is 12.6. The van der Waals surface area contributed by atoms with Crippen molar-refractivity contribution in [2.24, 2.45) is 10.2 Å². The van der Waals surface area contributed by atoms with Gasteiger partial charge in [-0.15, -0.1) is 5.10 Å². The van der Waals surface area contributed by atoms with Gasteiger partial charge >= 0.3 is 0 Å². The number of carbonyl (C=O) groups is 1. The molecule has 1 heterocycles. The quantitative estimate of drug-likeness (QED) is 0.467. The zero-order chi connectivity index (χ0) is 18.7. The lowest BCUT2D eigenvalue weighted by molar-refractivity contribution is -0.398. The molecule has 2 aromatic rings. The first kappa shape index (κ1) is 17.3. The molecule has 0 aromatic heterocycles. The lowest BCUT2D eigenvalue weighted by Crippen LogP contribution is -2.30. The van der Waals surface area contributed by atoms with E-state index in [1.165, 1.54) is 12.3 Å². The number of nitrogens with zero attached hydrogens (tertiary/aromatic N) is 4. The maximum absolute atomic E-state index is 12.6. The van der Waals surface area contributed by atoms with Crippen molar-refractivity contribution in [2.75, 3.05) is 11.4 Å². The van der Waals surface area contributed by atoms with E-state index in [-0.39, 0.29) is 11.6 Å². The third kappa shape index (κ3) is 3.16. The van der Waals surface area contributed by atoms with E-state index in [1.807, 2.05) is 25.1 Å². The summed E-state index contributed by atoms with van der Waals surface area (Å²) in [5.74, 6) is -0.903. The number of carbonyl (C=O) groups excluding carboxylic acids is 1. The third-order valence-electron chi connectivity index (χ3n) is 3.89. The fourth-order valence-corrected chi connectivity index (χ4v) is 2.71. The summed E-state index contributed by atoms with van der Waals surface area (Å²) in [6.07, 6.45) is 2.08. The molecule has 0 unspecified atom stereocenters. The molecule has 3 rings (SSSR count). The molecule has 8 heteroatoms. The SMILES string of the molecule is CCCN1C(=O)/C(=N/N=C\c2ccc([O-])c([N+](=O)[O-])c2)c2ccccc21. The molecule has 0 spiro atoms. The number of fused-ring (bicyclic) bond motifs is 1. The molecular weight excluding hydrogens is 336 g/mol. The molecule has 0 radical (unpaired) electrons. The molecule has 0 saturated heterocycles. The summed E-state index contributed by atoms with van der Waals surface area (Å²) < 4.78 is 0. The Hall–Kier alpha value is -3.55. The van der Waals surface area contributed by atoms with Crippen molar-refractivity contribution in [1.29, 1.82) is 0 Å². The molecule has 0 saturated carbocycles. The second-order valence-electron chi connectivity index (χ2n) is 5.65. The first-order valence-electron chi connectivity index (χ1n) is 8.00. The average molecular weight is 351 g/mol. The Kier molecular flexibility index (Phi) is 4.74. The van der Waals surface area contributed by atoms with Crippen LogP contribution in [0.4, 0.5) is 11.4 Å². The van der Waals surface area contributed by atoms with Crippen molar-refractivity contribution < 1.29 is 14.8 Å².